The van der Waals surface area contributed by atoms with E-state index >= 15 is 0 Å². The highest BCUT2D eigenvalue weighted by Crippen LogP contribution is 2.35. The minimum absolute atomic E-state index is 0.0387. The molecule has 11 nitrogen and oxygen atoms in total. The highest BCUT2D eigenvalue weighted by molar-refractivity contribution is 6.04. The summed E-state index contributed by atoms with van der Waals surface area (Å²) in [7, 11) is 1.56. The minimum Gasteiger partial charge on any atom is -0.497 e. The van der Waals surface area contributed by atoms with Crippen molar-refractivity contribution < 1.29 is 23.8 Å². The van der Waals surface area contributed by atoms with Crippen molar-refractivity contribution in [3.05, 3.63) is 58.4 Å². The molecule has 0 aliphatic carbocycles. The second-order valence-electron chi connectivity index (χ2n) is 7.39. The summed E-state index contributed by atoms with van der Waals surface area (Å²) in [5, 5.41) is 8.28. The van der Waals surface area contributed by atoms with Gasteiger partial charge in [-0.3, -0.25) is 19.4 Å². The van der Waals surface area contributed by atoms with E-state index in [1.165, 1.54) is 0 Å². The Morgan fingerprint density at radius 1 is 1.09 bits per heavy atom. The summed E-state index contributed by atoms with van der Waals surface area (Å²) < 4.78 is 15.7. The highest BCUT2D eigenvalue weighted by atomic mass is 16.7. The Morgan fingerprint density at radius 3 is 2.64 bits per heavy atom. The number of anilines is 4. The van der Waals surface area contributed by atoms with Crippen LogP contribution in [0.5, 0.6) is 17.2 Å². The van der Waals surface area contributed by atoms with E-state index in [1.54, 1.807) is 49.6 Å². The van der Waals surface area contributed by atoms with E-state index in [2.05, 4.69) is 25.9 Å². The maximum Gasteiger partial charge on any atom is 0.258 e. The van der Waals surface area contributed by atoms with Crippen molar-refractivity contribution in [3.8, 4) is 17.2 Å². The molecule has 2 aliphatic rings. The second kappa shape index (κ2) is 8.19. The Balaban J connectivity index is 1.40. The van der Waals surface area contributed by atoms with Gasteiger partial charge in [0.05, 0.1) is 18.6 Å². The summed E-state index contributed by atoms with van der Waals surface area (Å²) in [5.74, 6) is -0.00869. The number of nitrogens with one attached hydrogen (secondary N) is 4. The van der Waals surface area contributed by atoms with E-state index in [-0.39, 0.29) is 30.5 Å². The smallest absolute Gasteiger partial charge is 0.258 e. The summed E-state index contributed by atoms with van der Waals surface area (Å²) in [5.41, 5.74) is 0.673. The molecule has 0 spiro atoms. The molecule has 5 rings (SSSR count). The Bertz CT molecular complexity index is 1300. The predicted molar refractivity (Wildman–Crippen MR) is 118 cm³/mol. The molecule has 2 amide bonds. The van der Waals surface area contributed by atoms with Crippen molar-refractivity contribution in [3.63, 3.8) is 0 Å². The first kappa shape index (κ1) is 20.4. The lowest BCUT2D eigenvalue weighted by Gasteiger charge is -2.23. The normalized spacial score (nSPS) is 15.9. The summed E-state index contributed by atoms with van der Waals surface area (Å²) in [6, 6.07) is 11.9. The third kappa shape index (κ3) is 4.03. The van der Waals surface area contributed by atoms with E-state index in [4.69, 9.17) is 14.2 Å². The van der Waals surface area contributed by atoms with Crippen molar-refractivity contribution in [1.29, 1.82) is 0 Å². The fourth-order valence-electron chi connectivity index (χ4n) is 3.67. The molecular formula is C22H19N5O6. The Kier molecular flexibility index (Phi) is 5.05. The topological polar surface area (TPSA) is 144 Å². The van der Waals surface area contributed by atoms with Crippen LogP contribution in [0.2, 0.25) is 0 Å². The standard InChI is InChI=1S/C22H19N5O6/c1-31-13-5-2-11(3-6-13)24-22-26-19-18(21(30)27-22)14(9-17(28)25-19)20(29)23-12-4-7-15-16(8-12)33-10-32-15/h2-8,14H,9-10H2,1H3,(H,23,29)(H3,24,25,26,27,28,30). The van der Waals surface area contributed by atoms with E-state index in [9.17, 15) is 14.4 Å². The van der Waals surface area contributed by atoms with Gasteiger partial charge in [-0.05, 0) is 36.4 Å². The average Bonchev–Trinajstić information content (AvgIpc) is 3.26. The molecule has 4 N–H and O–H groups in total. The van der Waals surface area contributed by atoms with Crippen LogP contribution in [-0.4, -0.2) is 35.7 Å². The Labute approximate surface area is 187 Å². The first-order chi connectivity index (χ1) is 16.0. The number of methoxy groups -OCH3 is 1. The van der Waals surface area contributed by atoms with Gasteiger partial charge in [0, 0.05) is 23.9 Å². The van der Waals surface area contributed by atoms with Crippen molar-refractivity contribution >= 4 is 35.0 Å². The maximum absolute atomic E-state index is 13.0. The molecule has 3 aromatic rings. The average molecular weight is 449 g/mol. The summed E-state index contributed by atoms with van der Waals surface area (Å²) >= 11 is 0. The molecule has 1 atom stereocenters. The second-order valence-corrected chi connectivity index (χ2v) is 7.39. The molecule has 1 unspecified atom stereocenters. The van der Waals surface area contributed by atoms with Crippen LogP contribution in [-0.2, 0) is 9.59 Å². The molecular weight excluding hydrogens is 430 g/mol. The molecule has 0 radical (unpaired) electrons. The molecule has 33 heavy (non-hydrogen) atoms. The van der Waals surface area contributed by atoms with Crippen LogP contribution in [0.1, 0.15) is 17.9 Å². The van der Waals surface area contributed by atoms with Crippen LogP contribution < -0.4 is 35.7 Å². The zero-order valence-electron chi connectivity index (χ0n) is 17.4. The fourth-order valence-corrected chi connectivity index (χ4v) is 3.67. The van der Waals surface area contributed by atoms with Gasteiger partial charge in [0.1, 0.15) is 11.6 Å². The van der Waals surface area contributed by atoms with E-state index < -0.39 is 23.3 Å². The van der Waals surface area contributed by atoms with Gasteiger partial charge < -0.3 is 30.2 Å². The zero-order chi connectivity index (χ0) is 22.9. The first-order valence-corrected chi connectivity index (χ1v) is 10.1. The SMILES string of the molecule is COc1ccc(Nc2nc3c(c(=O)[nH]2)C(C(=O)Nc2ccc4c(c2)OCO4)CC(=O)N3)cc1. The number of H-pyrrole nitrogens is 1. The van der Waals surface area contributed by atoms with Crippen LogP contribution >= 0.6 is 0 Å². The molecule has 2 aromatic carbocycles. The number of fused-ring (bicyclic) bond motifs is 2. The van der Waals surface area contributed by atoms with Crippen LogP contribution in [0, 0.1) is 0 Å². The van der Waals surface area contributed by atoms with Gasteiger partial charge in [-0.25, -0.2) is 0 Å². The molecule has 2 aliphatic heterocycles. The molecule has 168 valence electrons. The predicted octanol–water partition coefficient (Wildman–Crippen LogP) is 2.32. The van der Waals surface area contributed by atoms with E-state index in [1.807, 2.05) is 0 Å². The van der Waals surface area contributed by atoms with E-state index in [0.29, 0.717) is 28.6 Å². The van der Waals surface area contributed by atoms with Crippen molar-refractivity contribution in [2.75, 3.05) is 29.9 Å². The number of aromatic nitrogens is 2. The Hall–Kier alpha value is -4.54. The van der Waals surface area contributed by atoms with Crippen molar-refractivity contribution in [2.24, 2.45) is 0 Å². The number of aromatic amines is 1. The fraction of sp³-hybridized carbons (Fsp3) is 0.182. The lowest BCUT2D eigenvalue weighted by molar-refractivity contribution is -0.123. The van der Waals surface area contributed by atoms with Crippen LogP contribution in [0.3, 0.4) is 0 Å². The number of carbonyl (C=O) groups is 2. The quantitative estimate of drug-likeness (QED) is 0.465. The Morgan fingerprint density at radius 2 is 1.85 bits per heavy atom. The van der Waals surface area contributed by atoms with Gasteiger partial charge in [0.2, 0.25) is 24.6 Å². The summed E-state index contributed by atoms with van der Waals surface area (Å²) in [6.07, 6.45) is -0.181. The number of amides is 2. The van der Waals surface area contributed by atoms with Gasteiger partial charge in [-0.2, -0.15) is 4.98 Å². The number of nitrogens with zero attached hydrogens (tertiary/aromatic N) is 1. The van der Waals surface area contributed by atoms with Crippen LogP contribution in [0.4, 0.5) is 23.1 Å². The molecule has 1 aromatic heterocycles. The van der Waals surface area contributed by atoms with Gasteiger partial charge in [-0.15, -0.1) is 0 Å². The largest absolute Gasteiger partial charge is 0.497 e. The number of hydrogen-bond donors (Lipinski definition) is 4. The van der Waals surface area contributed by atoms with Gasteiger partial charge in [-0.1, -0.05) is 0 Å². The first-order valence-electron chi connectivity index (χ1n) is 10.1. The number of rotatable bonds is 5. The summed E-state index contributed by atoms with van der Waals surface area (Å²) in [4.78, 5) is 45.1. The maximum atomic E-state index is 13.0. The third-order valence-corrected chi connectivity index (χ3v) is 5.26. The molecule has 0 fully saturated rings. The summed E-state index contributed by atoms with van der Waals surface area (Å²) in [6.45, 7) is 0.108. The molecule has 3 heterocycles. The monoisotopic (exact) mass is 449 g/mol. The van der Waals surface area contributed by atoms with Crippen LogP contribution in [0.25, 0.3) is 0 Å². The zero-order valence-corrected chi connectivity index (χ0v) is 17.4. The van der Waals surface area contributed by atoms with Gasteiger partial charge in [0.25, 0.3) is 5.56 Å². The lowest BCUT2D eigenvalue weighted by atomic mass is 9.92. The van der Waals surface area contributed by atoms with Crippen molar-refractivity contribution in [2.45, 2.75) is 12.3 Å². The van der Waals surface area contributed by atoms with Gasteiger partial charge >= 0.3 is 0 Å². The highest BCUT2D eigenvalue weighted by Gasteiger charge is 2.35. The number of benzene rings is 2. The molecule has 11 heteroatoms. The molecule has 0 bridgehead atoms. The molecule has 0 saturated carbocycles. The minimum atomic E-state index is -1.01. The number of carbonyl (C=O) groups excluding carboxylic acids is 2. The van der Waals surface area contributed by atoms with Crippen LogP contribution in [0.15, 0.2) is 47.3 Å². The van der Waals surface area contributed by atoms with Crippen molar-refractivity contribution in [1.82, 2.24) is 9.97 Å². The third-order valence-electron chi connectivity index (χ3n) is 5.26. The molecule has 0 saturated heterocycles. The lowest BCUT2D eigenvalue weighted by Crippen LogP contribution is -2.36. The van der Waals surface area contributed by atoms with E-state index in [0.717, 1.165) is 0 Å². The number of ether oxygens (including phenoxy) is 3. The van der Waals surface area contributed by atoms with Gasteiger partial charge in [0.15, 0.2) is 11.5 Å². The number of hydrogen-bond acceptors (Lipinski definition) is 8.